The van der Waals surface area contributed by atoms with Crippen molar-refractivity contribution in [3.63, 3.8) is 0 Å². The van der Waals surface area contributed by atoms with Crippen LogP contribution in [0.1, 0.15) is 16.7 Å². The molecule has 2 aromatic rings. The quantitative estimate of drug-likeness (QED) is 0.880. The minimum atomic E-state index is -0.995. The normalized spacial score (nSPS) is 18.0. The molecule has 1 atom stereocenters. The summed E-state index contributed by atoms with van der Waals surface area (Å²) in [4.78, 5) is 16.2. The van der Waals surface area contributed by atoms with Crippen LogP contribution in [0, 0.1) is 5.82 Å². The average molecular weight is 303 g/mol. The monoisotopic (exact) mass is 302 g/mol. The van der Waals surface area contributed by atoms with Crippen molar-refractivity contribution in [3.05, 3.63) is 70.0 Å². The van der Waals surface area contributed by atoms with Crippen molar-refractivity contribution in [1.82, 2.24) is 0 Å². The molecule has 0 bridgehead atoms. The number of aliphatic imine (C=N–C) groups is 1. The predicted molar refractivity (Wildman–Crippen MR) is 80.2 cm³/mol. The van der Waals surface area contributed by atoms with Gasteiger partial charge in [0.25, 0.3) is 0 Å². The number of hydrogen-bond acceptors (Lipinski definition) is 3. The van der Waals surface area contributed by atoms with Crippen molar-refractivity contribution < 1.29 is 9.18 Å². The van der Waals surface area contributed by atoms with Gasteiger partial charge in [-0.2, -0.15) is 0 Å². The van der Waals surface area contributed by atoms with Gasteiger partial charge in [0.05, 0.1) is 5.71 Å². The molecule has 1 aliphatic heterocycles. The number of nitrogens with zero attached hydrogens (tertiary/aromatic N) is 1. The zero-order valence-corrected chi connectivity index (χ0v) is 11.8. The second-order valence-corrected chi connectivity index (χ2v) is 5.28. The van der Waals surface area contributed by atoms with Crippen molar-refractivity contribution in [2.45, 2.75) is 12.6 Å². The summed E-state index contributed by atoms with van der Waals surface area (Å²) in [5.41, 5.74) is 7.89. The third kappa shape index (κ3) is 2.60. The highest BCUT2D eigenvalue weighted by atomic mass is 35.5. The first-order valence-corrected chi connectivity index (χ1v) is 6.84. The van der Waals surface area contributed by atoms with Crippen LogP contribution in [0.5, 0.6) is 0 Å². The molecule has 5 heteroatoms. The van der Waals surface area contributed by atoms with E-state index >= 15 is 0 Å². The Balaban J connectivity index is 2.25. The Hall–Kier alpha value is -2.04. The third-order valence-electron chi connectivity index (χ3n) is 3.42. The van der Waals surface area contributed by atoms with E-state index in [1.807, 2.05) is 6.07 Å². The van der Waals surface area contributed by atoms with Crippen LogP contribution in [0.4, 0.5) is 4.39 Å². The smallest absolute Gasteiger partial charge is 0.176 e. The molecule has 1 aliphatic rings. The molecule has 3 nitrogen and oxygen atoms in total. The van der Waals surface area contributed by atoms with Gasteiger partial charge in [-0.1, -0.05) is 35.9 Å². The second-order valence-electron chi connectivity index (χ2n) is 4.84. The number of carbonyl (C=O) groups is 1. The molecular weight excluding hydrogens is 291 g/mol. The number of rotatable bonds is 1. The standard InChI is InChI=1S/C16H12ClFN2O/c17-10-4-1-3-9(7-10)15-11-5-2-6-13(18)12(11)8-14(21)16(19)20-15/h1-7,16H,8,19H2. The minimum Gasteiger partial charge on any atom is -0.303 e. The Bertz CT molecular complexity index is 758. The topological polar surface area (TPSA) is 55.4 Å². The lowest BCUT2D eigenvalue weighted by Gasteiger charge is -2.10. The number of halogens is 2. The number of hydrogen-bond donors (Lipinski definition) is 1. The second kappa shape index (κ2) is 5.39. The minimum absolute atomic E-state index is 0.0588. The van der Waals surface area contributed by atoms with E-state index in [0.717, 1.165) is 0 Å². The first-order valence-electron chi connectivity index (χ1n) is 6.46. The lowest BCUT2D eigenvalue weighted by Crippen LogP contribution is -2.29. The molecule has 0 radical (unpaired) electrons. The van der Waals surface area contributed by atoms with Gasteiger partial charge in [0.2, 0.25) is 0 Å². The largest absolute Gasteiger partial charge is 0.303 e. The maximum atomic E-state index is 14.0. The van der Waals surface area contributed by atoms with Gasteiger partial charge >= 0.3 is 0 Å². The van der Waals surface area contributed by atoms with Gasteiger partial charge in [-0.15, -0.1) is 0 Å². The molecule has 0 saturated heterocycles. The van der Waals surface area contributed by atoms with Crippen molar-refractivity contribution in [3.8, 4) is 0 Å². The van der Waals surface area contributed by atoms with Gasteiger partial charge in [-0.3, -0.25) is 9.79 Å². The zero-order chi connectivity index (χ0) is 15.0. The first kappa shape index (κ1) is 13.9. The summed E-state index contributed by atoms with van der Waals surface area (Å²) in [7, 11) is 0. The van der Waals surface area contributed by atoms with E-state index in [9.17, 15) is 9.18 Å². The number of nitrogens with two attached hydrogens (primary N) is 1. The fourth-order valence-electron chi connectivity index (χ4n) is 2.39. The van der Waals surface area contributed by atoms with E-state index in [0.29, 0.717) is 27.4 Å². The van der Waals surface area contributed by atoms with Crippen LogP contribution < -0.4 is 5.73 Å². The molecule has 3 rings (SSSR count). The summed E-state index contributed by atoms with van der Waals surface area (Å²) in [6, 6.07) is 11.7. The molecule has 0 aliphatic carbocycles. The Morgan fingerprint density at radius 3 is 2.76 bits per heavy atom. The van der Waals surface area contributed by atoms with Gasteiger partial charge in [-0.25, -0.2) is 4.39 Å². The molecule has 106 valence electrons. The zero-order valence-electron chi connectivity index (χ0n) is 11.0. The van der Waals surface area contributed by atoms with Gasteiger partial charge in [0.1, 0.15) is 5.82 Å². The van der Waals surface area contributed by atoms with Crippen LogP contribution >= 0.6 is 11.6 Å². The number of fused-ring (bicyclic) bond motifs is 1. The van der Waals surface area contributed by atoms with Crippen molar-refractivity contribution in [2.24, 2.45) is 10.7 Å². The number of Topliss-reactive ketones (excluding diaryl/α,β-unsaturated/α-hetero) is 1. The fourth-order valence-corrected chi connectivity index (χ4v) is 2.58. The molecular formula is C16H12ClFN2O. The summed E-state index contributed by atoms with van der Waals surface area (Å²) >= 11 is 6.00. The summed E-state index contributed by atoms with van der Waals surface area (Å²) < 4.78 is 14.0. The fraction of sp³-hybridized carbons (Fsp3) is 0.125. The summed E-state index contributed by atoms with van der Waals surface area (Å²) in [5, 5.41) is 0.539. The van der Waals surface area contributed by atoms with Gasteiger partial charge < -0.3 is 5.73 Å². The summed E-state index contributed by atoms with van der Waals surface area (Å²) in [6.45, 7) is 0. The van der Waals surface area contributed by atoms with Gasteiger partial charge in [-0.05, 0) is 18.2 Å². The van der Waals surface area contributed by atoms with Crippen LogP contribution in [-0.2, 0) is 11.2 Å². The van der Waals surface area contributed by atoms with E-state index in [2.05, 4.69) is 4.99 Å². The lowest BCUT2D eigenvalue weighted by atomic mass is 9.95. The molecule has 2 aromatic carbocycles. The van der Waals surface area contributed by atoms with E-state index in [-0.39, 0.29) is 12.2 Å². The van der Waals surface area contributed by atoms with Crippen molar-refractivity contribution >= 4 is 23.1 Å². The highest BCUT2D eigenvalue weighted by Gasteiger charge is 2.25. The molecule has 0 spiro atoms. The van der Waals surface area contributed by atoms with E-state index < -0.39 is 12.0 Å². The summed E-state index contributed by atoms with van der Waals surface area (Å²) in [5.74, 6) is -0.733. The Kier molecular flexibility index (Phi) is 3.57. The predicted octanol–water partition coefficient (Wildman–Crippen LogP) is 2.73. The van der Waals surface area contributed by atoms with Crippen LogP contribution in [0.2, 0.25) is 5.02 Å². The maximum absolute atomic E-state index is 14.0. The van der Waals surface area contributed by atoms with Crippen molar-refractivity contribution in [2.75, 3.05) is 0 Å². The Morgan fingerprint density at radius 2 is 2.00 bits per heavy atom. The van der Waals surface area contributed by atoms with Crippen LogP contribution in [0.3, 0.4) is 0 Å². The molecule has 0 saturated carbocycles. The molecule has 0 fully saturated rings. The van der Waals surface area contributed by atoms with Gasteiger partial charge in [0.15, 0.2) is 11.9 Å². The SMILES string of the molecule is NC1N=C(c2cccc(Cl)c2)c2cccc(F)c2CC1=O. The maximum Gasteiger partial charge on any atom is 0.176 e. The molecule has 0 aromatic heterocycles. The molecule has 0 amide bonds. The molecule has 1 heterocycles. The molecule has 1 unspecified atom stereocenters. The Labute approximate surface area is 126 Å². The van der Waals surface area contributed by atoms with Crippen LogP contribution in [-0.4, -0.2) is 17.7 Å². The van der Waals surface area contributed by atoms with E-state index in [4.69, 9.17) is 17.3 Å². The lowest BCUT2D eigenvalue weighted by molar-refractivity contribution is -0.119. The first-order chi connectivity index (χ1) is 10.1. The Morgan fingerprint density at radius 1 is 1.24 bits per heavy atom. The highest BCUT2D eigenvalue weighted by Crippen LogP contribution is 2.24. The number of benzene rings is 2. The van der Waals surface area contributed by atoms with Crippen LogP contribution in [0.25, 0.3) is 0 Å². The third-order valence-corrected chi connectivity index (χ3v) is 3.66. The van der Waals surface area contributed by atoms with Crippen LogP contribution in [0.15, 0.2) is 47.5 Å². The summed E-state index contributed by atoms with van der Waals surface area (Å²) in [6.07, 6.45) is -1.05. The average Bonchev–Trinajstić information content (AvgIpc) is 2.58. The van der Waals surface area contributed by atoms with Gasteiger partial charge in [0, 0.05) is 28.1 Å². The molecule has 21 heavy (non-hydrogen) atoms. The van der Waals surface area contributed by atoms with E-state index in [1.165, 1.54) is 6.07 Å². The van der Waals surface area contributed by atoms with E-state index in [1.54, 1.807) is 30.3 Å². The molecule has 2 N–H and O–H groups in total. The highest BCUT2D eigenvalue weighted by molar-refractivity contribution is 6.31. The van der Waals surface area contributed by atoms with Crippen molar-refractivity contribution in [1.29, 1.82) is 0 Å². The number of ketones is 1. The number of carbonyl (C=O) groups excluding carboxylic acids is 1.